The number of ether oxygens (including phenoxy) is 1. The van der Waals surface area contributed by atoms with Gasteiger partial charge in [0.25, 0.3) is 5.91 Å². The first-order valence-electron chi connectivity index (χ1n) is 10.0. The summed E-state index contributed by atoms with van der Waals surface area (Å²) < 4.78 is 6.60. The summed E-state index contributed by atoms with van der Waals surface area (Å²) in [4.78, 5) is 54.5. The van der Waals surface area contributed by atoms with Crippen LogP contribution in [0.2, 0.25) is 0 Å². The predicted molar refractivity (Wildman–Crippen MR) is 116 cm³/mol. The highest BCUT2D eigenvalue weighted by atomic mass is 16.5. The number of hydrogen-bond donors (Lipinski definition) is 1. The van der Waals surface area contributed by atoms with Gasteiger partial charge < -0.3 is 10.1 Å². The van der Waals surface area contributed by atoms with E-state index in [9.17, 15) is 19.2 Å². The maximum Gasteiger partial charge on any atom is 0.344 e. The lowest BCUT2D eigenvalue weighted by atomic mass is 9.84. The van der Waals surface area contributed by atoms with Gasteiger partial charge in [-0.25, -0.2) is 14.3 Å². The Balaban J connectivity index is 1.30. The van der Waals surface area contributed by atoms with Crippen LogP contribution in [0.3, 0.4) is 0 Å². The lowest BCUT2D eigenvalue weighted by Crippen LogP contribution is -2.23. The maximum atomic E-state index is 12.8. The molecule has 2 aromatic carbocycles. The summed E-state index contributed by atoms with van der Waals surface area (Å²) in [6.07, 6.45) is 3.18. The van der Waals surface area contributed by atoms with E-state index in [4.69, 9.17) is 4.74 Å². The first-order valence-corrected chi connectivity index (χ1v) is 10.0. The number of esters is 1. The van der Waals surface area contributed by atoms with Crippen LogP contribution in [0, 0.1) is 6.92 Å². The van der Waals surface area contributed by atoms with E-state index >= 15 is 0 Å². The number of ketones is 2. The van der Waals surface area contributed by atoms with E-state index in [1.165, 1.54) is 28.9 Å². The average Bonchev–Trinajstić information content (AvgIpc) is 3.16. The molecule has 2 aromatic heterocycles. The van der Waals surface area contributed by atoms with E-state index in [1.807, 2.05) is 0 Å². The van der Waals surface area contributed by atoms with E-state index in [2.05, 4.69) is 15.4 Å². The van der Waals surface area contributed by atoms with Crippen molar-refractivity contribution in [3.05, 3.63) is 94.4 Å². The summed E-state index contributed by atoms with van der Waals surface area (Å²) in [5.41, 5.74) is 2.42. The van der Waals surface area contributed by atoms with Gasteiger partial charge in [0.1, 0.15) is 5.56 Å². The van der Waals surface area contributed by atoms with Gasteiger partial charge in [0.15, 0.2) is 23.8 Å². The number of anilines is 1. The summed E-state index contributed by atoms with van der Waals surface area (Å²) in [6, 6.07) is 12.8. The lowest BCUT2D eigenvalue weighted by molar-refractivity contribution is -0.119. The molecule has 33 heavy (non-hydrogen) atoms. The van der Waals surface area contributed by atoms with Gasteiger partial charge in [-0.1, -0.05) is 24.3 Å². The van der Waals surface area contributed by atoms with Gasteiger partial charge in [0.05, 0.1) is 5.69 Å². The van der Waals surface area contributed by atoms with E-state index in [0.29, 0.717) is 28.2 Å². The van der Waals surface area contributed by atoms with Gasteiger partial charge in [-0.2, -0.15) is 5.10 Å². The lowest BCUT2D eigenvalue weighted by Gasteiger charge is -2.18. The molecule has 0 aliphatic heterocycles. The van der Waals surface area contributed by atoms with Crippen LogP contribution in [0.5, 0.6) is 0 Å². The van der Waals surface area contributed by atoms with Crippen LogP contribution in [-0.4, -0.2) is 44.6 Å². The number of fused-ring (bicyclic) bond motifs is 3. The van der Waals surface area contributed by atoms with Crippen molar-refractivity contribution in [3.8, 4) is 0 Å². The molecule has 1 aliphatic carbocycles. The topological polar surface area (TPSA) is 120 Å². The van der Waals surface area contributed by atoms with Crippen molar-refractivity contribution in [2.45, 2.75) is 6.92 Å². The van der Waals surface area contributed by atoms with Crippen LogP contribution in [-0.2, 0) is 9.53 Å². The van der Waals surface area contributed by atoms with Gasteiger partial charge >= 0.3 is 5.97 Å². The second kappa shape index (κ2) is 7.79. The second-order valence-electron chi connectivity index (χ2n) is 7.44. The van der Waals surface area contributed by atoms with Crippen LogP contribution >= 0.6 is 0 Å². The Morgan fingerprint density at radius 3 is 2.42 bits per heavy atom. The Morgan fingerprint density at radius 1 is 0.970 bits per heavy atom. The molecular formula is C24H16N4O5. The van der Waals surface area contributed by atoms with Crippen LogP contribution < -0.4 is 5.32 Å². The van der Waals surface area contributed by atoms with Gasteiger partial charge in [-0.15, -0.1) is 0 Å². The fourth-order valence-corrected chi connectivity index (χ4v) is 3.81. The number of hydrogen-bond acceptors (Lipinski definition) is 7. The Hall–Kier alpha value is -4.66. The number of aryl methyl sites for hydroxylation is 1. The highest BCUT2D eigenvalue weighted by Crippen LogP contribution is 2.29. The van der Waals surface area contributed by atoms with Gasteiger partial charge in [0.2, 0.25) is 0 Å². The number of aromatic nitrogens is 3. The van der Waals surface area contributed by atoms with Crippen LogP contribution in [0.15, 0.2) is 60.9 Å². The Bertz CT molecular complexity index is 1490. The van der Waals surface area contributed by atoms with Crippen molar-refractivity contribution < 1.29 is 23.9 Å². The minimum Gasteiger partial charge on any atom is -0.452 e. The minimum absolute atomic E-state index is 0.181. The summed E-state index contributed by atoms with van der Waals surface area (Å²) in [6.45, 7) is 1.10. The Morgan fingerprint density at radius 2 is 1.67 bits per heavy atom. The van der Waals surface area contributed by atoms with Gasteiger partial charge in [-0.05, 0) is 31.2 Å². The van der Waals surface area contributed by atoms with Crippen LogP contribution in [0.25, 0.3) is 5.65 Å². The molecular weight excluding hydrogens is 424 g/mol. The number of rotatable bonds is 4. The molecule has 0 atom stereocenters. The van der Waals surface area contributed by atoms with Gasteiger partial charge in [0, 0.05) is 40.3 Å². The summed E-state index contributed by atoms with van der Waals surface area (Å²) in [5, 5.41) is 6.78. The molecule has 0 bridgehead atoms. The second-order valence-corrected chi connectivity index (χ2v) is 7.44. The number of benzene rings is 2. The zero-order valence-electron chi connectivity index (χ0n) is 17.4. The van der Waals surface area contributed by atoms with Crippen molar-refractivity contribution in [1.29, 1.82) is 0 Å². The van der Waals surface area contributed by atoms with Crippen molar-refractivity contribution in [2.24, 2.45) is 0 Å². The highest BCUT2D eigenvalue weighted by molar-refractivity contribution is 6.28. The van der Waals surface area contributed by atoms with Crippen molar-refractivity contribution >= 4 is 34.8 Å². The Kier molecular flexibility index (Phi) is 4.78. The molecule has 0 radical (unpaired) electrons. The van der Waals surface area contributed by atoms with E-state index in [0.717, 1.165) is 0 Å². The largest absolute Gasteiger partial charge is 0.452 e. The monoisotopic (exact) mass is 440 g/mol. The molecule has 0 fully saturated rings. The molecule has 1 aliphatic rings. The zero-order valence-corrected chi connectivity index (χ0v) is 17.4. The first-order chi connectivity index (χ1) is 15.9. The number of nitrogens with one attached hydrogen (secondary N) is 1. The Labute approximate surface area is 187 Å². The molecule has 9 heteroatoms. The average molecular weight is 440 g/mol. The number of carbonyl (C=O) groups excluding carboxylic acids is 4. The van der Waals surface area contributed by atoms with E-state index in [-0.39, 0.29) is 28.3 Å². The summed E-state index contributed by atoms with van der Waals surface area (Å²) >= 11 is 0. The third kappa shape index (κ3) is 3.45. The van der Waals surface area contributed by atoms with Crippen molar-refractivity contribution in [3.63, 3.8) is 0 Å². The smallest absolute Gasteiger partial charge is 0.344 e. The molecule has 0 saturated heterocycles. The van der Waals surface area contributed by atoms with Crippen molar-refractivity contribution in [2.75, 3.05) is 11.9 Å². The summed E-state index contributed by atoms with van der Waals surface area (Å²) in [5.74, 6) is -1.86. The predicted octanol–water partition coefficient (Wildman–Crippen LogP) is 2.61. The molecule has 0 unspecified atom stereocenters. The molecule has 4 aromatic rings. The standard InChI is InChI=1S/C24H16N4O5/c1-13-20(23-25-9-4-10-28(23)27-13)24(32)33-12-19(29)26-14-7-8-17-18(11-14)22(31)16-6-3-2-5-15(16)21(17)30/h2-11H,12H2,1H3,(H,26,29). The molecule has 162 valence electrons. The molecule has 1 amide bonds. The van der Waals surface area contributed by atoms with Crippen LogP contribution in [0.1, 0.15) is 47.9 Å². The third-order valence-electron chi connectivity index (χ3n) is 5.32. The molecule has 5 rings (SSSR count). The number of amides is 1. The van der Waals surface area contributed by atoms with Crippen molar-refractivity contribution in [1.82, 2.24) is 14.6 Å². The fraction of sp³-hybridized carbons (Fsp3) is 0.0833. The zero-order chi connectivity index (χ0) is 23.1. The number of carbonyl (C=O) groups is 4. The van der Waals surface area contributed by atoms with E-state index in [1.54, 1.807) is 43.5 Å². The fourth-order valence-electron chi connectivity index (χ4n) is 3.81. The highest BCUT2D eigenvalue weighted by Gasteiger charge is 2.29. The quantitative estimate of drug-likeness (QED) is 0.427. The first kappa shape index (κ1) is 20.3. The molecule has 0 saturated carbocycles. The molecule has 1 N–H and O–H groups in total. The summed E-state index contributed by atoms with van der Waals surface area (Å²) in [7, 11) is 0. The third-order valence-corrected chi connectivity index (χ3v) is 5.32. The van der Waals surface area contributed by atoms with Crippen LogP contribution in [0.4, 0.5) is 5.69 Å². The molecule has 9 nitrogen and oxygen atoms in total. The SMILES string of the molecule is Cc1nn2cccnc2c1C(=O)OCC(=O)Nc1ccc2c(c1)C(=O)c1ccccc1C2=O. The normalized spacial score (nSPS) is 12.3. The molecule has 0 spiro atoms. The number of nitrogens with zero attached hydrogens (tertiary/aromatic N) is 3. The maximum absolute atomic E-state index is 12.8. The molecule has 2 heterocycles. The van der Waals surface area contributed by atoms with E-state index < -0.39 is 18.5 Å². The minimum atomic E-state index is -0.723. The van der Waals surface area contributed by atoms with Gasteiger partial charge in [-0.3, -0.25) is 14.4 Å².